The Morgan fingerprint density at radius 2 is 2.36 bits per heavy atom. The first kappa shape index (κ1) is 10.6. The number of hydrogen-bond donors (Lipinski definition) is 0. The Kier molecular flexibility index (Phi) is 3.19. The van der Waals surface area contributed by atoms with Crippen LogP contribution in [-0.4, -0.2) is 18.0 Å². The van der Waals surface area contributed by atoms with Crippen molar-refractivity contribution in [2.24, 2.45) is 0 Å². The maximum Gasteiger partial charge on any atom is 0.348 e. The fraction of sp³-hybridized carbons (Fsp3) is 0.375. The number of methoxy groups -OCH3 is 1. The molecule has 0 aliphatic carbocycles. The third kappa shape index (κ3) is 1.90. The van der Waals surface area contributed by atoms with Gasteiger partial charge in [0.15, 0.2) is 0 Å². The molecular formula is C8H9NO4S. The number of hydrogen-bond acceptors (Lipinski definition) is 5. The summed E-state index contributed by atoms with van der Waals surface area (Å²) in [5.74, 6) is -0.530. The van der Waals surface area contributed by atoms with Gasteiger partial charge in [0.25, 0.3) is 0 Å². The number of thiophene rings is 1. The van der Waals surface area contributed by atoms with Gasteiger partial charge in [0.05, 0.1) is 12.0 Å². The molecule has 0 unspecified atom stereocenters. The zero-order valence-corrected chi connectivity index (χ0v) is 8.59. The van der Waals surface area contributed by atoms with Crippen molar-refractivity contribution in [2.45, 2.75) is 13.3 Å². The van der Waals surface area contributed by atoms with Gasteiger partial charge in [-0.05, 0) is 12.5 Å². The zero-order chi connectivity index (χ0) is 10.7. The lowest BCUT2D eigenvalue weighted by Crippen LogP contribution is -1.96. The molecule has 0 amide bonds. The third-order valence-electron chi connectivity index (χ3n) is 1.72. The standard InChI is InChI=1S/C8H9NO4S/c1-3-5-4-6(8(10)13-2)14-7(5)9(11)12/h4H,3H2,1-2H3. The minimum absolute atomic E-state index is 0.0212. The summed E-state index contributed by atoms with van der Waals surface area (Å²) in [6, 6.07) is 1.51. The summed E-state index contributed by atoms with van der Waals surface area (Å²) in [4.78, 5) is 21.4. The Morgan fingerprint density at radius 1 is 1.71 bits per heavy atom. The van der Waals surface area contributed by atoms with Crippen LogP contribution >= 0.6 is 11.3 Å². The van der Waals surface area contributed by atoms with Crippen molar-refractivity contribution in [3.05, 3.63) is 26.6 Å². The normalized spacial score (nSPS) is 9.86. The van der Waals surface area contributed by atoms with Gasteiger partial charge < -0.3 is 4.74 Å². The van der Waals surface area contributed by atoms with Crippen LogP contribution in [0.25, 0.3) is 0 Å². The van der Waals surface area contributed by atoms with Crippen LogP contribution in [-0.2, 0) is 11.2 Å². The Bertz CT molecular complexity index is 371. The van der Waals surface area contributed by atoms with Crippen LogP contribution in [0.5, 0.6) is 0 Å². The topological polar surface area (TPSA) is 69.4 Å². The SMILES string of the molecule is CCc1cc(C(=O)OC)sc1[N+](=O)[O-]. The fourth-order valence-electron chi connectivity index (χ4n) is 1.03. The van der Waals surface area contributed by atoms with E-state index in [9.17, 15) is 14.9 Å². The van der Waals surface area contributed by atoms with Crippen LogP contribution in [0.3, 0.4) is 0 Å². The van der Waals surface area contributed by atoms with E-state index in [2.05, 4.69) is 4.74 Å². The van der Waals surface area contributed by atoms with E-state index in [1.54, 1.807) is 6.92 Å². The van der Waals surface area contributed by atoms with Gasteiger partial charge in [-0.15, -0.1) is 0 Å². The predicted octanol–water partition coefficient (Wildman–Crippen LogP) is 2.01. The lowest BCUT2D eigenvalue weighted by atomic mass is 10.2. The quantitative estimate of drug-likeness (QED) is 0.439. The molecule has 0 aromatic carbocycles. The van der Waals surface area contributed by atoms with Gasteiger partial charge >= 0.3 is 11.0 Å². The Balaban J connectivity index is 3.13. The van der Waals surface area contributed by atoms with E-state index in [0.717, 1.165) is 11.3 Å². The molecule has 0 spiro atoms. The summed E-state index contributed by atoms with van der Waals surface area (Å²) < 4.78 is 4.48. The zero-order valence-electron chi connectivity index (χ0n) is 7.77. The second kappa shape index (κ2) is 4.19. The highest BCUT2D eigenvalue weighted by atomic mass is 32.1. The van der Waals surface area contributed by atoms with E-state index in [1.807, 2.05) is 0 Å². The largest absolute Gasteiger partial charge is 0.465 e. The number of nitrogens with zero attached hydrogens (tertiary/aromatic N) is 1. The van der Waals surface area contributed by atoms with Crippen LogP contribution in [0.15, 0.2) is 6.07 Å². The smallest absolute Gasteiger partial charge is 0.348 e. The van der Waals surface area contributed by atoms with Crippen LogP contribution in [0.2, 0.25) is 0 Å². The van der Waals surface area contributed by atoms with Crippen molar-refractivity contribution in [3.63, 3.8) is 0 Å². The molecule has 0 aliphatic rings. The minimum atomic E-state index is -0.530. The van der Waals surface area contributed by atoms with E-state index >= 15 is 0 Å². The van der Waals surface area contributed by atoms with Gasteiger partial charge in [-0.1, -0.05) is 18.3 Å². The van der Waals surface area contributed by atoms with E-state index < -0.39 is 10.9 Å². The lowest BCUT2D eigenvalue weighted by Gasteiger charge is -1.90. The molecule has 0 aliphatic heterocycles. The van der Waals surface area contributed by atoms with Crippen LogP contribution in [0.4, 0.5) is 5.00 Å². The highest BCUT2D eigenvalue weighted by molar-refractivity contribution is 7.17. The Labute approximate surface area is 84.5 Å². The van der Waals surface area contributed by atoms with Gasteiger partial charge in [0.2, 0.25) is 0 Å². The maximum absolute atomic E-state index is 11.1. The number of ether oxygens (including phenoxy) is 1. The molecule has 1 aromatic heterocycles. The summed E-state index contributed by atoms with van der Waals surface area (Å²) in [5, 5.41) is 10.6. The molecule has 0 saturated carbocycles. The fourth-order valence-corrected chi connectivity index (χ4v) is 2.01. The molecule has 1 aromatic rings. The number of aryl methyl sites for hydroxylation is 1. The molecule has 0 radical (unpaired) electrons. The first-order valence-electron chi connectivity index (χ1n) is 3.95. The summed E-state index contributed by atoms with van der Waals surface area (Å²) in [6.45, 7) is 1.80. The highest BCUT2D eigenvalue weighted by Gasteiger charge is 2.21. The predicted molar refractivity (Wildman–Crippen MR) is 51.7 cm³/mol. The molecule has 0 bridgehead atoms. The summed E-state index contributed by atoms with van der Waals surface area (Å²) in [7, 11) is 1.25. The Morgan fingerprint density at radius 3 is 2.71 bits per heavy atom. The average Bonchev–Trinajstić information content (AvgIpc) is 2.60. The second-order valence-electron chi connectivity index (χ2n) is 2.54. The van der Waals surface area contributed by atoms with E-state index in [4.69, 9.17) is 0 Å². The first-order valence-corrected chi connectivity index (χ1v) is 4.77. The van der Waals surface area contributed by atoms with Gasteiger partial charge in [-0.25, -0.2) is 4.79 Å². The lowest BCUT2D eigenvalue weighted by molar-refractivity contribution is -0.380. The molecule has 76 valence electrons. The number of carbonyl (C=O) groups is 1. The average molecular weight is 215 g/mol. The van der Waals surface area contributed by atoms with Crippen LogP contribution < -0.4 is 0 Å². The van der Waals surface area contributed by atoms with E-state index in [1.165, 1.54) is 13.2 Å². The maximum atomic E-state index is 11.1. The van der Waals surface area contributed by atoms with E-state index in [-0.39, 0.29) is 9.88 Å². The summed E-state index contributed by atoms with van der Waals surface area (Å²) >= 11 is 0.851. The van der Waals surface area contributed by atoms with Crippen molar-refractivity contribution >= 4 is 22.3 Å². The highest BCUT2D eigenvalue weighted by Crippen LogP contribution is 2.30. The molecule has 0 N–H and O–H groups in total. The molecule has 0 fully saturated rings. The monoisotopic (exact) mass is 215 g/mol. The number of carbonyl (C=O) groups excluding carboxylic acids is 1. The first-order chi connectivity index (χ1) is 6.60. The van der Waals surface area contributed by atoms with Gasteiger partial charge in [-0.3, -0.25) is 10.1 Å². The Hall–Kier alpha value is -1.43. The van der Waals surface area contributed by atoms with Crippen LogP contribution in [0.1, 0.15) is 22.2 Å². The van der Waals surface area contributed by atoms with Crippen molar-refractivity contribution in [1.29, 1.82) is 0 Å². The number of rotatable bonds is 3. The summed E-state index contributed by atoms with van der Waals surface area (Å²) in [6.07, 6.45) is 0.532. The third-order valence-corrected chi connectivity index (χ3v) is 2.83. The molecular weight excluding hydrogens is 206 g/mol. The molecule has 6 heteroatoms. The van der Waals surface area contributed by atoms with Crippen molar-refractivity contribution in [1.82, 2.24) is 0 Å². The van der Waals surface area contributed by atoms with Gasteiger partial charge in [0, 0.05) is 5.56 Å². The van der Waals surface area contributed by atoms with Crippen molar-refractivity contribution in [2.75, 3.05) is 7.11 Å². The molecule has 0 atom stereocenters. The minimum Gasteiger partial charge on any atom is -0.465 e. The second-order valence-corrected chi connectivity index (χ2v) is 3.57. The van der Waals surface area contributed by atoms with Crippen LogP contribution in [0, 0.1) is 10.1 Å². The van der Waals surface area contributed by atoms with Gasteiger partial charge in [0.1, 0.15) is 4.88 Å². The number of nitro groups is 1. The van der Waals surface area contributed by atoms with Crippen molar-refractivity contribution in [3.8, 4) is 0 Å². The molecule has 1 rings (SSSR count). The van der Waals surface area contributed by atoms with Gasteiger partial charge in [-0.2, -0.15) is 0 Å². The molecule has 5 nitrogen and oxygen atoms in total. The number of esters is 1. The summed E-state index contributed by atoms with van der Waals surface area (Å²) in [5.41, 5.74) is 0.570. The van der Waals surface area contributed by atoms with Crippen molar-refractivity contribution < 1.29 is 14.5 Å². The molecule has 1 heterocycles. The van der Waals surface area contributed by atoms with E-state index in [0.29, 0.717) is 12.0 Å². The molecule has 14 heavy (non-hydrogen) atoms. The molecule has 0 saturated heterocycles.